The van der Waals surface area contributed by atoms with Gasteiger partial charge in [-0.15, -0.1) is 11.3 Å². The summed E-state index contributed by atoms with van der Waals surface area (Å²) in [6.07, 6.45) is 1.66. The maximum Gasteiger partial charge on any atom is 0.250 e. The third-order valence-corrected chi connectivity index (χ3v) is 3.99. The fourth-order valence-electron chi connectivity index (χ4n) is 2.06. The van der Waals surface area contributed by atoms with Crippen LogP contribution in [0, 0.1) is 0 Å². The van der Waals surface area contributed by atoms with Gasteiger partial charge in [-0.05, 0) is 17.9 Å². The van der Waals surface area contributed by atoms with E-state index in [-0.39, 0.29) is 18.1 Å². The number of hydrogen-bond acceptors (Lipinski definition) is 4. The molecule has 1 aromatic heterocycles. The van der Waals surface area contributed by atoms with Gasteiger partial charge in [-0.2, -0.15) is 0 Å². The maximum absolute atomic E-state index is 12.1. The van der Waals surface area contributed by atoms with Crippen LogP contribution in [0.4, 0.5) is 0 Å². The summed E-state index contributed by atoms with van der Waals surface area (Å²) >= 11 is 1.69. The molecule has 1 amide bonds. The van der Waals surface area contributed by atoms with Crippen LogP contribution in [0.25, 0.3) is 0 Å². The van der Waals surface area contributed by atoms with E-state index in [4.69, 9.17) is 4.74 Å². The average Bonchev–Trinajstić information content (AvgIpc) is 2.93. The van der Waals surface area contributed by atoms with Crippen LogP contribution < -0.4 is 10.6 Å². The van der Waals surface area contributed by atoms with Gasteiger partial charge in [0.25, 0.3) is 5.91 Å². The Morgan fingerprint density at radius 2 is 2.61 bits per heavy atom. The predicted octanol–water partition coefficient (Wildman–Crippen LogP) is 1.69. The Hall–Kier alpha value is -0.910. The van der Waals surface area contributed by atoms with Gasteiger partial charge in [0.15, 0.2) is 0 Å². The van der Waals surface area contributed by atoms with Crippen molar-refractivity contribution in [2.75, 3.05) is 19.7 Å². The van der Waals surface area contributed by atoms with E-state index in [1.807, 2.05) is 11.4 Å². The van der Waals surface area contributed by atoms with Crippen molar-refractivity contribution < 1.29 is 9.53 Å². The summed E-state index contributed by atoms with van der Waals surface area (Å²) in [5.41, 5.74) is 0. The Morgan fingerprint density at radius 3 is 3.22 bits per heavy atom. The van der Waals surface area contributed by atoms with Crippen molar-refractivity contribution >= 4 is 17.2 Å². The van der Waals surface area contributed by atoms with E-state index >= 15 is 0 Å². The van der Waals surface area contributed by atoms with Crippen molar-refractivity contribution in [2.24, 2.45) is 0 Å². The van der Waals surface area contributed by atoms with Crippen LogP contribution in [-0.4, -0.2) is 31.7 Å². The number of hydrogen-bond donors (Lipinski definition) is 2. The first kappa shape index (κ1) is 13.5. The minimum Gasteiger partial charge on any atom is -0.366 e. The lowest BCUT2D eigenvalue weighted by Crippen LogP contribution is -2.48. The lowest BCUT2D eigenvalue weighted by molar-refractivity contribution is -0.135. The zero-order chi connectivity index (χ0) is 12.8. The van der Waals surface area contributed by atoms with Crippen LogP contribution in [0.15, 0.2) is 17.5 Å². The second kappa shape index (κ2) is 6.87. The molecule has 0 bridgehead atoms. The Balaban J connectivity index is 1.93. The maximum atomic E-state index is 12.1. The molecule has 1 aliphatic heterocycles. The number of morpholine rings is 1. The van der Waals surface area contributed by atoms with Gasteiger partial charge in [0.2, 0.25) is 0 Å². The van der Waals surface area contributed by atoms with Gasteiger partial charge in [-0.1, -0.05) is 19.4 Å². The Morgan fingerprint density at radius 1 is 1.72 bits per heavy atom. The highest BCUT2D eigenvalue weighted by Gasteiger charge is 2.24. The number of carbonyl (C=O) groups is 1. The molecule has 18 heavy (non-hydrogen) atoms. The lowest BCUT2D eigenvalue weighted by Gasteiger charge is -2.25. The first-order valence-corrected chi connectivity index (χ1v) is 7.35. The zero-order valence-corrected chi connectivity index (χ0v) is 11.5. The summed E-state index contributed by atoms with van der Waals surface area (Å²) in [5.74, 6) is -0.00551. The molecule has 0 aromatic carbocycles. The van der Waals surface area contributed by atoms with Crippen molar-refractivity contribution in [2.45, 2.75) is 31.9 Å². The molecular formula is C13H20N2O2S. The van der Waals surface area contributed by atoms with Gasteiger partial charge in [0, 0.05) is 18.0 Å². The van der Waals surface area contributed by atoms with Crippen LogP contribution in [0.1, 0.15) is 30.7 Å². The van der Waals surface area contributed by atoms with Crippen LogP contribution in [0.5, 0.6) is 0 Å². The molecule has 0 spiro atoms. The summed E-state index contributed by atoms with van der Waals surface area (Å²) in [5, 5.41) is 8.31. The zero-order valence-electron chi connectivity index (χ0n) is 10.6. The normalized spacial score (nSPS) is 21.5. The van der Waals surface area contributed by atoms with Gasteiger partial charge in [0.05, 0.1) is 12.6 Å². The number of thiophene rings is 1. The summed E-state index contributed by atoms with van der Waals surface area (Å²) in [6, 6.07) is 4.21. The molecular weight excluding hydrogens is 248 g/mol. The second-order valence-electron chi connectivity index (χ2n) is 4.43. The third kappa shape index (κ3) is 3.54. The summed E-state index contributed by atoms with van der Waals surface area (Å²) < 4.78 is 5.46. The van der Waals surface area contributed by atoms with Crippen molar-refractivity contribution in [1.29, 1.82) is 0 Å². The molecule has 2 rings (SSSR count). The molecule has 2 N–H and O–H groups in total. The number of rotatable bonds is 5. The lowest BCUT2D eigenvalue weighted by atomic mass is 10.1. The summed E-state index contributed by atoms with van der Waals surface area (Å²) in [6.45, 7) is 4.17. The monoisotopic (exact) mass is 268 g/mol. The SMILES string of the molecule is CCCC(NC(=O)C1CNCCO1)c1cccs1. The molecule has 0 aliphatic carbocycles. The van der Waals surface area contributed by atoms with Crippen LogP contribution in [0.2, 0.25) is 0 Å². The van der Waals surface area contributed by atoms with E-state index in [9.17, 15) is 4.79 Å². The minimum absolute atomic E-state index is 0.00551. The molecule has 100 valence electrons. The van der Waals surface area contributed by atoms with Gasteiger partial charge >= 0.3 is 0 Å². The Labute approximate surface area is 112 Å². The van der Waals surface area contributed by atoms with Crippen LogP contribution in [-0.2, 0) is 9.53 Å². The first-order chi connectivity index (χ1) is 8.81. The molecule has 1 saturated heterocycles. The molecule has 2 unspecified atom stereocenters. The number of carbonyl (C=O) groups excluding carboxylic acids is 1. The summed E-state index contributed by atoms with van der Waals surface area (Å²) in [7, 11) is 0. The molecule has 0 saturated carbocycles. The van der Waals surface area contributed by atoms with Gasteiger partial charge in [0.1, 0.15) is 6.10 Å². The number of nitrogens with one attached hydrogen (secondary N) is 2. The second-order valence-corrected chi connectivity index (χ2v) is 5.41. The topological polar surface area (TPSA) is 50.4 Å². The molecule has 4 nitrogen and oxygen atoms in total. The van der Waals surface area contributed by atoms with Crippen molar-refractivity contribution in [1.82, 2.24) is 10.6 Å². The van der Waals surface area contributed by atoms with E-state index in [2.05, 4.69) is 23.6 Å². The van der Waals surface area contributed by atoms with Gasteiger partial charge in [-0.25, -0.2) is 0 Å². The van der Waals surface area contributed by atoms with E-state index in [0.29, 0.717) is 13.2 Å². The molecule has 2 atom stereocenters. The van der Waals surface area contributed by atoms with E-state index in [1.54, 1.807) is 11.3 Å². The Bertz CT molecular complexity index is 361. The van der Waals surface area contributed by atoms with E-state index < -0.39 is 0 Å². The summed E-state index contributed by atoms with van der Waals surface area (Å²) in [4.78, 5) is 13.3. The Kier molecular flexibility index (Phi) is 5.16. The molecule has 1 aromatic rings. The third-order valence-electron chi connectivity index (χ3n) is 3.00. The fraction of sp³-hybridized carbons (Fsp3) is 0.615. The van der Waals surface area contributed by atoms with Gasteiger partial charge in [-0.3, -0.25) is 4.79 Å². The van der Waals surface area contributed by atoms with Crippen molar-refractivity contribution in [3.8, 4) is 0 Å². The number of ether oxygens (including phenoxy) is 1. The average molecular weight is 268 g/mol. The quantitative estimate of drug-likeness (QED) is 0.854. The highest BCUT2D eigenvalue weighted by atomic mass is 32.1. The van der Waals surface area contributed by atoms with Crippen LogP contribution >= 0.6 is 11.3 Å². The predicted molar refractivity (Wildman–Crippen MR) is 72.7 cm³/mol. The highest BCUT2D eigenvalue weighted by Crippen LogP contribution is 2.23. The highest BCUT2D eigenvalue weighted by molar-refractivity contribution is 7.10. The van der Waals surface area contributed by atoms with Gasteiger partial charge < -0.3 is 15.4 Å². The molecule has 0 radical (unpaired) electrons. The minimum atomic E-state index is -0.349. The molecule has 1 aliphatic rings. The molecule has 1 fully saturated rings. The molecule has 2 heterocycles. The van der Waals surface area contributed by atoms with E-state index in [0.717, 1.165) is 19.4 Å². The molecule has 5 heteroatoms. The van der Waals surface area contributed by atoms with Crippen molar-refractivity contribution in [3.05, 3.63) is 22.4 Å². The standard InChI is InChI=1S/C13H20N2O2S/c1-2-4-10(12-5-3-8-18-12)15-13(16)11-9-14-6-7-17-11/h3,5,8,10-11,14H,2,4,6-7,9H2,1H3,(H,15,16). The fourth-order valence-corrected chi connectivity index (χ4v) is 2.87. The number of amides is 1. The smallest absolute Gasteiger partial charge is 0.250 e. The van der Waals surface area contributed by atoms with E-state index in [1.165, 1.54) is 4.88 Å². The van der Waals surface area contributed by atoms with Crippen molar-refractivity contribution in [3.63, 3.8) is 0 Å². The van der Waals surface area contributed by atoms with Crippen LogP contribution in [0.3, 0.4) is 0 Å². The largest absolute Gasteiger partial charge is 0.366 e. The first-order valence-electron chi connectivity index (χ1n) is 6.47.